The van der Waals surface area contributed by atoms with Crippen molar-refractivity contribution in [1.29, 1.82) is 0 Å². The van der Waals surface area contributed by atoms with Crippen LogP contribution in [0.3, 0.4) is 0 Å². The molecule has 0 unspecified atom stereocenters. The van der Waals surface area contributed by atoms with Gasteiger partial charge in [-0.15, -0.1) is 0 Å². The van der Waals surface area contributed by atoms with Crippen molar-refractivity contribution in [3.8, 4) is 17.0 Å². The summed E-state index contributed by atoms with van der Waals surface area (Å²) in [6.07, 6.45) is 4.91. The van der Waals surface area contributed by atoms with E-state index in [1.165, 1.54) is 6.33 Å². The van der Waals surface area contributed by atoms with E-state index in [4.69, 9.17) is 10.5 Å². The number of rotatable bonds is 4. The lowest BCUT2D eigenvalue weighted by Gasteiger charge is -2.24. The number of methoxy groups -OCH3 is 1. The number of carbonyl (C=O) groups excluding carboxylic acids is 1. The minimum absolute atomic E-state index is 0.00609. The van der Waals surface area contributed by atoms with Gasteiger partial charge in [0.1, 0.15) is 17.9 Å². The molecule has 0 spiro atoms. The van der Waals surface area contributed by atoms with Gasteiger partial charge in [-0.2, -0.15) is 0 Å². The highest BCUT2D eigenvalue weighted by atomic mass is 16.5. The first-order valence-corrected chi connectivity index (χ1v) is 8.19. The van der Waals surface area contributed by atoms with E-state index in [9.17, 15) is 4.79 Å². The lowest BCUT2D eigenvalue weighted by molar-refractivity contribution is -0.120. The number of aromatic nitrogens is 2. The number of nitrogens with zero attached hydrogens (tertiary/aromatic N) is 2. The van der Waals surface area contributed by atoms with Gasteiger partial charge in [0.15, 0.2) is 0 Å². The number of amides is 1. The van der Waals surface area contributed by atoms with Crippen molar-refractivity contribution in [3.63, 3.8) is 0 Å². The van der Waals surface area contributed by atoms with Crippen molar-refractivity contribution < 1.29 is 9.53 Å². The second-order valence-corrected chi connectivity index (χ2v) is 6.09. The minimum atomic E-state index is 0.00609. The first kappa shape index (κ1) is 16.4. The van der Waals surface area contributed by atoms with E-state index in [1.54, 1.807) is 13.2 Å². The highest BCUT2D eigenvalue weighted by molar-refractivity contribution is 5.92. The number of ether oxygens (including phenoxy) is 1. The van der Waals surface area contributed by atoms with Crippen molar-refractivity contribution in [3.05, 3.63) is 36.7 Å². The number of anilines is 1. The zero-order valence-electron chi connectivity index (χ0n) is 13.7. The zero-order valence-corrected chi connectivity index (χ0v) is 13.7. The summed E-state index contributed by atoms with van der Waals surface area (Å²) in [6, 6.07) is 9.62. The van der Waals surface area contributed by atoms with E-state index in [0.717, 1.165) is 37.0 Å². The normalized spacial score (nSPS) is 20.4. The molecule has 0 saturated heterocycles. The quantitative estimate of drug-likeness (QED) is 0.901. The van der Waals surface area contributed by atoms with E-state index >= 15 is 0 Å². The van der Waals surface area contributed by atoms with Gasteiger partial charge in [0.2, 0.25) is 5.91 Å². The topological polar surface area (TPSA) is 90.1 Å². The first-order valence-electron chi connectivity index (χ1n) is 8.19. The summed E-state index contributed by atoms with van der Waals surface area (Å²) in [6.45, 7) is 0. The number of hydrogen-bond acceptors (Lipinski definition) is 5. The molecule has 0 bridgehead atoms. The lowest BCUT2D eigenvalue weighted by Crippen LogP contribution is -2.32. The first-order chi connectivity index (χ1) is 11.7. The van der Waals surface area contributed by atoms with Crippen molar-refractivity contribution in [2.45, 2.75) is 31.7 Å². The molecule has 1 aliphatic rings. The van der Waals surface area contributed by atoms with Crippen LogP contribution in [0.25, 0.3) is 11.3 Å². The number of carbonyl (C=O) groups is 1. The van der Waals surface area contributed by atoms with Gasteiger partial charge in [-0.05, 0) is 37.8 Å². The number of hydrogen-bond donors (Lipinski definition) is 2. The van der Waals surface area contributed by atoms with Crippen LogP contribution in [0.15, 0.2) is 36.7 Å². The molecule has 1 aromatic heterocycles. The van der Waals surface area contributed by atoms with Gasteiger partial charge < -0.3 is 15.8 Å². The summed E-state index contributed by atoms with van der Waals surface area (Å²) in [5.74, 6) is 1.25. The van der Waals surface area contributed by atoms with E-state index in [2.05, 4.69) is 15.3 Å². The van der Waals surface area contributed by atoms with Gasteiger partial charge in [-0.25, -0.2) is 9.97 Å². The largest absolute Gasteiger partial charge is 0.496 e. The number of nitrogens with two attached hydrogens (primary N) is 1. The van der Waals surface area contributed by atoms with Gasteiger partial charge in [0.05, 0.1) is 12.8 Å². The molecule has 1 fully saturated rings. The van der Waals surface area contributed by atoms with Gasteiger partial charge in [0.25, 0.3) is 0 Å². The molecule has 24 heavy (non-hydrogen) atoms. The predicted molar refractivity (Wildman–Crippen MR) is 92.6 cm³/mol. The summed E-state index contributed by atoms with van der Waals surface area (Å²) in [4.78, 5) is 20.9. The Balaban J connectivity index is 1.75. The van der Waals surface area contributed by atoms with Crippen LogP contribution >= 0.6 is 0 Å². The second kappa shape index (κ2) is 7.40. The molecular weight excluding hydrogens is 304 g/mol. The molecule has 6 heteroatoms. The summed E-state index contributed by atoms with van der Waals surface area (Å²) in [7, 11) is 1.62. The average molecular weight is 326 g/mol. The van der Waals surface area contributed by atoms with E-state index in [0.29, 0.717) is 11.5 Å². The second-order valence-electron chi connectivity index (χ2n) is 6.09. The van der Waals surface area contributed by atoms with E-state index in [1.807, 2.05) is 24.3 Å². The third-order valence-electron chi connectivity index (χ3n) is 4.44. The van der Waals surface area contributed by atoms with Crippen molar-refractivity contribution in [2.24, 2.45) is 11.7 Å². The maximum atomic E-state index is 12.4. The van der Waals surface area contributed by atoms with Crippen LogP contribution in [0, 0.1) is 5.92 Å². The monoisotopic (exact) mass is 326 g/mol. The fourth-order valence-electron chi connectivity index (χ4n) is 3.04. The highest BCUT2D eigenvalue weighted by Crippen LogP contribution is 2.29. The molecule has 0 aliphatic heterocycles. The molecule has 126 valence electrons. The molecule has 1 amide bonds. The van der Waals surface area contributed by atoms with Crippen LogP contribution in [0.1, 0.15) is 25.7 Å². The van der Waals surface area contributed by atoms with Crippen LogP contribution < -0.4 is 15.8 Å². The van der Waals surface area contributed by atoms with Crippen molar-refractivity contribution >= 4 is 11.7 Å². The van der Waals surface area contributed by atoms with Crippen LogP contribution in [-0.2, 0) is 4.79 Å². The van der Waals surface area contributed by atoms with Gasteiger partial charge >= 0.3 is 0 Å². The summed E-state index contributed by atoms with van der Waals surface area (Å²) < 4.78 is 5.37. The Morgan fingerprint density at radius 1 is 1.21 bits per heavy atom. The number of benzene rings is 1. The average Bonchev–Trinajstić information content (AvgIpc) is 2.62. The van der Waals surface area contributed by atoms with Gasteiger partial charge in [0, 0.05) is 23.6 Å². The zero-order chi connectivity index (χ0) is 16.9. The summed E-state index contributed by atoms with van der Waals surface area (Å²) >= 11 is 0. The molecular formula is C18H22N4O2. The van der Waals surface area contributed by atoms with Crippen LogP contribution in [0.4, 0.5) is 5.82 Å². The Hall–Kier alpha value is -2.47. The van der Waals surface area contributed by atoms with Crippen LogP contribution in [0.2, 0.25) is 0 Å². The molecule has 3 rings (SSSR count). The molecule has 3 N–H and O–H groups in total. The fraction of sp³-hybridized carbons (Fsp3) is 0.389. The molecule has 1 aliphatic carbocycles. The smallest absolute Gasteiger partial charge is 0.228 e. The summed E-state index contributed by atoms with van der Waals surface area (Å²) in [5, 5.41) is 2.90. The molecule has 1 heterocycles. The van der Waals surface area contributed by atoms with Crippen LogP contribution in [-0.4, -0.2) is 29.0 Å². The van der Waals surface area contributed by atoms with Crippen LogP contribution in [0.5, 0.6) is 5.75 Å². The SMILES string of the molecule is COc1ccccc1-c1cc(NC(=O)C2CCC(N)CC2)ncn1. The Labute approximate surface area is 141 Å². The maximum absolute atomic E-state index is 12.4. The van der Waals surface area contributed by atoms with E-state index in [-0.39, 0.29) is 17.9 Å². The lowest BCUT2D eigenvalue weighted by atomic mass is 9.86. The molecule has 1 saturated carbocycles. The molecule has 0 atom stereocenters. The van der Waals surface area contributed by atoms with Crippen molar-refractivity contribution in [2.75, 3.05) is 12.4 Å². The summed E-state index contributed by atoms with van der Waals surface area (Å²) in [5.41, 5.74) is 7.47. The minimum Gasteiger partial charge on any atom is -0.496 e. The van der Waals surface area contributed by atoms with E-state index < -0.39 is 0 Å². The Morgan fingerprint density at radius 2 is 1.96 bits per heavy atom. The third-order valence-corrected chi connectivity index (χ3v) is 4.44. The van der Waals surface area contributed by atoms with Gasteiger partial charge in [-0.3, -0.25) is 4.79 Å². The number of para-hydroxylation sites is 1. The third kappa shape index (κ3) is 3.71. The highest BCUT2D eigenvalue weighted by Gasteiger charge is 2.24. The molecule has 2 aromatic rings. The maximum Gasteiger partial charge on any atom is 0.228 e. The molecule has 1 aromatic carbocycles. The fourth-order valence-corrected chi connectivity index (χ4v) is 3.04. The Bertz CT molecular complexity index is 712. The Kier molecular flexibility index (Phi) is 5.05. The Morgan fingerprint density at radius 3 is 2.71 bits per heavy atom. The standard InChI is InChI=1S/C18H22N4O2/c1-24-16-5-3-2-4-14(16)15-10-17(21-11-20-15)22-18(23)12-6-8-13(19)9-7-12/h2-5,10-13H,6-9,19H2,1H3,(H,20,21,22,23). The van der Waals surface area contributed by atoms with Gasteiger partial charge in [-0.1, -0.05) is 12.1 Å². The van der Waals surface area contributed by atoms with Crippen molar-refractivity contribution in [1.82, 2.24) is 9.97 Å². The molecule has 0 radical (unpaired) electrons. The number of nitrogens with one attached hydrogen (secondary N) is 1. The predicted octanol–water partition coefficient (Wildman–Crippen LogP) is 2.61. The molecule has 6 nitrogen and oxygen atoms in total.